The van der Waals surface area contributed by atoms with Crippen molar-refractivity contribution in [1.29, 1.82) is 5.26 Å². The summed E-state index contributed by atoms with van der Waals surface area (Å²) < 4.78 is 1.47. The lowest BCUT2D eigenvalue weighted by molar-refractivity contribution is 1.06. The number of nitrogens with one attached hydrogen (secondary N) is 2. The number of pyridine rings is 1. The summed E-state index contributed by atoms with van der Waals surface area (Å²) in [7, 11) is 0. The van der Waals surface area contributed by atoms with Gasteiger partial charge in [0.1, 0.15) is 6.07 Å². The van der Waals surface area contributed by atoms with Gasteiger partial charge in [-0.05, 0) is 42.8 Å². The Labute approximate surface area is 169 Å². The van der Waals surface area contributed by atoms with E-state index in [2.05, 4.69) is 21.9 Å². The highest BCUT2D eigenvalue weighted by Crippen LogP contribution is 2.24. The maximum atomic E-state index is 13.1. The number of anilines is 1. The van der Waals surface area contributed by atoms with Crippen LogP contribution in [0.5, 0.6) is 0 Å². The number of para-hydroxylation sites is 2. The molecule has 4 rings (SSSR count). The minimum absolute atomic E-state index is 0.261. The molecular weight excluding hydrogens is 397 g/mol. The van der Waals surface area contributed by atoms with E-state index in [0.29, 0.717) is 48.8 Å². The van der Waals surface area contributed by atoms with Crippen molar-refractivity contribution in [3.05, 3.63) is 79.2 Å². The minimum Gasteiger partial charge on any atom is -0.307 e. The van der Waals surface area contributed by atoms with E-state index in [-0.39, 0.29) is 5.56 Å². The zero-order valence-electron chi connectivity index (χ0n) is 14.6. The molecule has 0 aliphatic heterocycles. The summed E-state index contributed by atoms with van der Waals surface area (Å²) in [6.45, 7) is 1.73. The highest BCUT2D eigenvalue weighted by Gasteiger charge is 2.15. The zero-order valence-corrected chi connectivity index (χ0v) is 16.1. The summed E-state index contributed by atoms with van der Waals surface area (Å²) in [4.78, 5) is 17.6. The SMILES string of the molecule is Cc1c(C#N)c2nc3ccccc3n2c(=O)/c1=C\NNc1ccc(Cl)c(Cl)c1. The van der Waals surface area contributed by atoms with Crippen LogP contribution >= 0.6 is 23.2 Å². The summed E-state index contributed by atoms with van der Waals surface area (Å²) in [5.74, 6) is 0. The first-order chi connectivity index (χ1) is 13.5. The molecule has 0 aliphatic carbocycles. The van der Waals surface area contributed by atoms with Gasteiger partial charge in [0, 0.05) is 6.20 Å². The van der Waals surface area contributed by atoms with Crippen LogP contribution < -0.4 is 21.6 Å². The van der Waals surface area contributed by atoms with Crippen LogP contribution in [0.2, 0.25) is 10.0 Å². The smallest absolute Gasteiger partial charge is 0.265 e. The van der Waals surface area contributed by atoms with E-state index in [4.69, 9.17) is 23.2 Å². The van der Waals surface area contributed by atoms with Crippen molar-refractivity contribution >= 4 is 51.8 Å². The molecule has 2 N–H and O–H groups in total. The number of nitrogens with zero attached hydrogens (tertiary/aromatic N) is 3. The van der Waals surface area contributed by atoms with Gasteiger partial charge in [-0.2, -0.15) is 5.26 Å². The van der Waals surface area contributed by atoms with E-state index in [1.165, 1.54) is 10.6 Å². The molecule has 0 atom stereocenters. The van der Waals surface area contributed by atoms with E-state index in [9.17, 15) is 10.1 Å². The number of imidazole rings is 1. The predicted molar refractivity (Wildman–Crippen MR) is 111 cm³/mol. The van der Waals surface area contributed by atoms with E-state index in [1.54, 1.807) is 31.2 Å². The van der Waals surface area contributed by atoms with E-state index < -0.39 is 0 Å². The van der Waals surface area contributed by atoms with Gasteiger partial charge in [0.05, 0.1) is 37.5 Å². The first-order valence-corrected chi connectivity index (χ1v) is 9.07. The topological polar surface area (TPSA) is 82.2 Å². The van der Waals surface area contributed by atoms with E-state index >= 15 is 0 Å². The number of hydrazine groups is 1. The number of benzene rings is 2. The fourth-order valence-electron chi connectivity index (χ4n) is 3.05. The summed E-state index contributed by atoms with van der Waals surface area (Å²) in [6.07, 6.45) is 1.52. The van der Waals surface area contributed by atoms with Gasteiger partial charge in [0.25, 0.3) is 5.56 Å². The molecule has 0 saturated heterocycles. The third-order valence-corrected chi connectivity index (χ3v) is 5.20. The molecule has 0 saturated carbocycles. The van der Waals surface area contributed by atoms with Crippen molar-refractivity contribution in [3.8, 4) is 6.07 Å². The molecule has 138 valence electrons. The van der Waals surface area contributed by atoms with E-state index in [0.717, 1.165) is 0 Å². The van der Waals surface area contributed by atoms with Crippen molar-refractivity contribution in [2.75, 3.05) is 5.43 Å². The largest absolute Gasteiger partial charge is 0.307 e. The first-order valence-electron chi connectivity index (χ1n) is 8.32. The van der Waals surface area contributed by atoms with Crippen LogP contribution in [0, 0.1) is 18.3 Å². The molecule has 0 aliphatic rings. The Morgan fingerprint density at radius 3 is 2.71 bits per heavy atom. The van der Waals surface area contributed by atoms with E-state index in [1.807, 2.05) is 18.2 Å². The normalized spacial score (nSPS) is 11.7. The van der Waals surface area contributed by atoms with Gasteiger partial charge in [-0.3, -0.25) is 9.20 Å². The number of hydrogen-bond acceptors (Lipinski definition) is 5. The minimum atomic E-state index is -0.261. The van der Waals surface area contributed by atoms with Gasteiger partial charge >= 0.3 is 0 Å². The van der Waals surface area contributed by atoms with Crippen LogP contribution in [0.3, 0.4) is 0 Å². The lowest BCUT2D eigenvalue weighted by atomic mass is 10.1. The third-order valence-electron chi connectivity index (χ3n) is 4.46. The van der Waals surface area contributed by atoms with Crippen LogP contribution in [-0.2, 0) is 0 Å². The highest BCUT2D eigenvalue weighted by atomic mass is 35.5. The quantitative estimate of drug-likeness (QED) is 0.506. The molecule has 28 heavy (non-hydrogen) atoms. The van der Waals surface area contributed by atoms with Gasteiger partial charge < -0.3 is 10.9 Å². The Kier molecular flexibility index (Phi) is 4.55. The first kappa shape index (κ1) is 18.1. The summed E-state index contributed by atoms with van der Waals surface area (Å²) >= 11 is 11.9. The number of fused-ring (bicyclic) bond motifs is 3. The number of nitriles is 1. The molecular formula is C20H13Cl2N5O. The second-order valence-electron chi connectivity index (χ2n) is 6.13. The summed E-state index contributed by atoms with van der Waals surface area (Å²) in [6, 6.07) is 14.5. The third kappa shape index (κ3) is 2.91. The van der Waals surface area contributed by atoms with Crippen LogP contribution in [0.25, 0.3) is 22.9 Å². The maximum absolute atomic E-state index is 13.1. The van der Waals surface area contributed by atoms with Gasteiger partial charge in [0.15, 0.2) is 5.65 Å². The van der Waals surface area contributed by atoms with Crippen molar-refractivity contribution < 1.29 is 0 Å². The maximum Gasteiger partial charge on any atom is 0.265 e. The highest BCUT2D eigenvalue weighted by molar-refractivity contribution is 6.42. The Morgan fingerprint density at radius 2 is 1.96 bits per heavy atom. The fraction of sp³-hybridized carbons (Fsp3) is 0.0500. The molecule has 4 aromatic rings. The standard InChI is InChI=1S/C20H13Cl2N5O/c1-11-13(9-23)19-25-17-4-2-3-5-18(17)27(19)20(28)14(11)10-24-26-12-6-7-15(21)16(22)8-12/h2-8,10,24,26H,1H3/b14-10-. The van der Waals surface area contributed by atoms with Gasteiger partial charge in [-0.1, -0.05) is 35.3 Å². The molecule has 6 nitrogen and oxygen atoms in total. The van der Waals surface area contributed by atoms with Crippen molar-refractivity contribution in [3.63, 3.8) is 0 Å². The molecule has 2 aromatic heterocycles. The monoisotopic (exact) mass is 409 g/mol. The Balaban J connectivity index is 1.85. The predicted octanol–water partition coefficient (Wildman–Crippen LogP) is 3.41. The Morgan fingerprint density at radius 1 is 1.18 bits per heavy atom. The van der Waals surface area contributed by atoms with Crippen LogP contribution in [0.15, 0.2) is 47.3 Å². The summed E-state index contributed by atoms with van der Waals surface area (Å²) in [5, 5.41) is 10.9. The van der Waals surface area contributed by atoms with Crippen LogP contribution in [-0.4, -0.2) is 9.38 Å². The molecule has 0 spiro atoms. The van der Waals surface area contributed by atoms with Crippen molar-refractivity contribution in [2.24, 2.45) is 0 Å². The number of aromatic nitrogens is 2. The molecule has 0 unspecified atom stereocenters. The second kappa shape index (κ2) is 7.04. The molecule has 0 fully saturated rings. The Hall–Kier alpha value is -3.27. The lowest BCUT2D eigenvalue weighted by Gasteiger charge is -2.07. The van der Waals surface area contributed by atoms with Gasteiger partial charge in [-0.25, -0.2) is 4.98 Å². The average Bonchev–Trinajstić information content (AvgIpc) is 3.07. The average molecular weight is 410 g/mol. The lowest BCUT2D eigenvalue weighted by Crippen LogP contribution is -2.36. The number of hydrogen-bond donors (Lipinski definition) is 2. The number of rotatable bonds is 3. The summed E-state index contributed by atoms with van der Waals surface area (Å²) in [5.41, 5.74) is 8.83. The van der Waals surface area contributed by atoms with Crippen LogP contribution in [0.1, 0.15) is 11.1 Å². The fourth-order valence-corrected chi connectivity index (χ4v) is 3.35. The molecule has 2 heterocycles. The molecule has 0 bridgehead atoms. The van der Waals surface area contributed by atoms with Gasteiger partial charge in [-0.15, -0.1) is 0 Å². The molecule has 0 radical (unpaired) electrons. The number of halogens is 2. The Bertz CT molecular complexity index is 1390. The van der Waals surface area contributed by atoms with Gasteiger partial charge in [0.2, 0.25) is 0 Å². The molecule has 2 aromatic carbocycles. The van der Waals surface area contributed by atoms with Crippen molar-refractivity contribution in [2.45, 2.75) is 6.92 Å². The molecule has 0 amide bonds. The molecule has 8 heteroatoms. The van der Waals surface area contributed by atoms with Crippen LogP contribution in [0.4, 0.5) is 5.69 Å². The zero-order chi connectivity index (χ0) is 19.8. The van der Waals surface area contributed by atoms with Crippen molar-refractivity contribution in [1.82, 2.24) is 14.8 Å². The second-order valence-corrected chi connectivity index (χ2v) is 6.95.